The minimum Gasteiger partial charge on any atom is -0.390 e. The van der Waals surface area contributed by atoms with Crippen LogP contribution < -0.4 is 16.4 Å². The summed E-state index contributed by atoms with van der Waals surface area (Å²) < 4.78 is 0. The third-order valence-corrected chi connectivity index (χ3v) is 7.49. The molecule has 5 rings (SSSR count). The monoisotopic (exact) mass is 450 g/mol. The molecule has 0 saturated carbocycles. The molecular formula is C24H27ClN6O. The van der Waals surface area contributed by atoms with Crippen LogP contribution in [0.15, 0.2) is 36.5 Å². The number of pyridine rings is 1. The fraction of sp³-hybridized carbons (Fsp3) is 0.375. The first-order valence-electron chi connectivity index (χ1n) is 10.9. The van der Waals surface area contributed by atoms with Gasteiger partial charge >= 0.3 is 0 Å². The summed E-state index contributed by atoms with van der Waals surface area (Å²) >= 11 is 6.36. The van der Waals surface area contributed by atoms with Gasteiger partial charge in [-0.2, -0.15) is 0 Å². The van der Waals surface area contributed by atoms with Gasteiger partial charge < -0.3 is 21.5 Å². The number of nitrogens with zero attached hydrogens (tertiary/aromatic N) is 4. The average Bonchev–Trinajstić information content (AvgIpc) is 3.07. The number of fused-ring (bicyclic) bond motifs is 1. The lowest BCUT2D eigenvalue weighted by Crippen LogP contribution is -2.45. The number of piperidine rings is 1. The molecule has 0 bridgehead atoms. The quantitative estimate of drug-likeness (QED) is 0.560. The second-order valence-corrected chi connectivity index (χ2v) is 9.22. The molecule has 0 unspecified atom stereocenters. The zero-order valence-corrected chi connectivity index (χ0v) is 18.8. The van der Waals surface area contributed by atoms with Gasteiger partial charge in [0.1, 0.15) is 11.5 Å². The van der Waals surface area contributed by atoms with E-state index in [1.54, 1.807) is 12.3 Å². The third-order valence-electron chi connectivity index (χ3n) is 7.09. The minimum absolute atomic E-state index is 0.0626. The highest BCUT2D eigenvalue weighted by Crippen LogP contribution is 2.51. The van der Waals surface area contributed by atoms with Gasteiger partial charge in [0.25, 0.3) is 0 Å². The van der Waals surface area contributed by atoms with Crippen LogP contribution in [0.25, 0.3) is 11.3 Å². The molecule has 0 amide bonds. The van der Waals surface area contributed by atoms with Gasteiger partial charge in [-0.05, 0) is 48.8 Å². The molecule has 1 aromatic carbocycles. The Morgan fingerprint density at radius 2 is 1.94 bits per heavy atom. The van der Waals surface area contributed by atoms with E-state index in [1.165, 1.54) is 11.1 Å². The number of nitrogens with two attached hydrogens (primary N) is 2. The molecule has 3 aromatic rings. The van der Waals surface area contributed by atoms with Crippen molar-refractivity contribution in [2.45, 2.75) is 38.8 Å². The van der Waals surface area contributed by atoms with Crippen LogP contribution in [0, 0.1) is 12.3 Å². The number of rotatable bonds is 3. The van der Waals surface area contributed by atoms with Crippen LogP contribution in [-0.4, -0.2) is 33.1 Å². The normalized spacial score (nSPS) is 19.4. The van der Waals surface area contributed by atoms with Gasteiger partial charge in [-0.3, -0.25) is 0 Å². The van der Waals surface area contributed by atoms with Crippen molar-refractivity contribution in [3.8, 4) is 11.3 Å². The summed E-state index contributed by atoms with van der Waals surface area (Å²) in [4.78, 5) is 15.8. The number of nitrogen functional groups attached to an aromatic ring is 1. The van der Waals surface area contributed by atoms with E-state index in [9.17, 15) is 5.11 Å². The number of halogens is 1. The Labute approximate surface area is 192 Å². The van der Waals surface area contributed by atoms with Crippen LogP contribution in [0.3, 0.4) is 0 Å². The number of hydrogen-bond donors (Lipinski definition) is 3. The Morgan fingerprint density at radius 3 is 2.66 bits per heavy atom. The maximum Gasteiger partial charge on any atom is 0.153 e. The van der Waals surface area contributed by atoms with E-state index in [-0.39, 0.29) is 23.9 Å². The largest absolute Gasteiger partial charge is 0.390 e. The molecule has 2 aromatic heterocycles. The van der Waals surface area contributed by atoms with Gasteiger partial charge in [0.05, 0.1) is 23.0 Å². The number of aryl methyl sites for hydroxylation is 1. The lowest BCUT2D eigenvalue weighted by atomic mass is 9.73. The number of aliphatic hydroxyl groups is 1. The van der Waals surface area contributed by atoms with Crippen molar-refractivity contribution < 1.29 is 5.11 Å². The Bertz CT molecular complexity index is 1180. The summed E-state index contributed by atoms with van der Waals surface area (Å²) in [6.45, 7) is 3.34. The van der Waals surface area contributed by atoms with Crippen LogP contribution in [0.2, 0.25) is 5.02 Å². The molecule has 8 heteroatoms. The highest BCUT2D eigenvalue weighted by molar-refractivity contribution is 6.35. The predicted molar refractivity (Wildman–Crippen MR) is 126 cm³/mol. The van der Waals surface area contributed by atoms with Crippen molar-refractivity contribution in [2.24, 2.45) is 11.1 Å². The topological polar surface area (TPSA) is 114 Å². The fourth-order valence-corrected chi connectivity index (χ4v) is 5.47. The third kappa shape index (κ3) is 3.32. The van der Waals surface area contributed by atoms with Crippen molar-refractivity contribution in [1.29, 1.82) is 0 Å². The molecule has 7 nitrogen and oxygen atoms in total. The van der Waals surface area contributed by atoms with Gasteiger partial charge in [0, 0.05) is 30.9 Å². The molecule has 1 saturated heterocycles. The van der Waals surface area contributed by atoms with Gasteiger partial charge in [-0.15, -0.1) is 0 Å². The average molecular weight is 451 g/mol. The molecule has 1 fully saturated rings. The fourth-order valence-electron chi connectivity index (χ4n) is 5.27. The molecular weight excluding hydrogens is 424 g/mol. The predicted octanol–water partition coefficient (Wildman–Crippen LogP) is 3.42. The molecule has 3 heterocycles. The SMILES string of the molecule is Cc1nc(N2CCC3(CC2)Cc2ccccc2[C@H]3N)c(CO)nc1-c1ccnc(N)c1Cl. The molecule has 2 aliphatic rings. The second kappa shape index (κ2) is 7.99. The van der Waals surface area contributed by atoms with Crippen LogP contribution in [0.4, 0.5) is 11.6 Å². The molecule has 1 atom stereocenters. The zero-order chi connectivity index (χ0) is 22.5. The second-order valence-electron chi connectivity index (χ2n) is 8.85. The Morgan fingerprint density at radius 1 is 1.19 bits per heavy atom. The zero-order valence-electron chi connectivity index (χ0n) is 18.1. The van der Waals surface area contributed by atoms with Crippen molar-refractivity contribution in [1.82, 2.24) is 15.0 Å². The maximum absolute atomic E-state index is 10.1. The first-order valence-corrected chi connectivity index (χ1v) is 11.3. The highest BCUT2D eigenvalue weighted by atomic mass is 35.5. The summed E-state index contributed by atoms with van der Waals surface area (Å²) in [6, 6.07) is 10.4. The van der Waals surface area contributed by atoms with Crippen LogP contribution in [-0.2, 0) is 13.0 Å². The van der Waals surface area contributed by atoms with Gasteiger partial charge in [0.2, 0.25) is 0 Å². The Kier molecular flexibility index (Phi) is 5.28. The number of aliphatic hydroxyl groups excluding tert-OH is 1. The molecule has 0 radical (unpaired) electrons. The lowest BCUT2D eigenvalue weighted by Gasteiger charge is -2.43. The molecule has 1 aliphatic carbocycles. The van der Waals surface area contributed by atoms with Gasteiger partial charge in [-0.1, -0.05) is 35.9 Å². The maximum atomic E-state index is 10.1. The van der Waals surface area contributed by atoms with E-state index < -0.39 is 0 Å². The van der Waals surface area contributed by atoms with Crippen molar-refractivity contribution in [3.63, 3.8) is 0 Å². The van der Waals surface area contributed by atoms with E-state index in [4.69, 9.17) is 33.0 Å². The van der Waals surface area contributed by atoms with E-state index in [0.29, 0.717) is 22.0 Å². The summed E-state index contributed by atoms with van der Waals surface area (Å²) in [6.07, 6.45) is 4.57. The Balaban J connectivity index is 1.42. The standard InChI is InChI=1S/C24H27ClN6O/c1-14-20(17-6-9-28-22(27)19(17)25)30-18(13-32)23(29-14)31-10-7-24(8-11-31)12-15-4-2-3-5-16(15)21(24)26/h2-6,9,21,32H,7-8,10-13,26H2,1H3,(H2,27,28)/t21-/m1/s1. The number of hydrogen-bond acceptors (Lipinski definition) is 7. The molecule has 1 spiro atoms. The van der Waals surface area contributed by atoms with Crippen LogP contribution in [0.1, 0.15) is 41.4 Å². The van der Waals surface area contributed by atoms with Gasteiger partial charge in [0.15, 0.2) is 5.82 Å². The number of aromatic nitrogens is 3. The summed E-state index contributed by atoms with van der Waals surface area (Å²) in [7, 11) is 0. The minimum atomic E-state index is -0.208. The number of anilines is 2. The Hall–Kier alpha value is -2.74. The number of benzene rings is 1. The van der Waals surface area contributed by atoms with E-state index in [1.807, 2.05) is 6.92 Å². The van der Waals surface area contributed by atoms with Crippen molar-refractivity contribution in [2.75, 3.05) is 23.7 Å². The van der Waals surface area contributed by atoms with Crippen LogP contribution >= 0.6 is 11.6 Å². The van der Waals surface area contributed by atoms with E-state index in [0.717, 1.165) is 43.9 Å². The summed E-state index contributed by atoms with van der Waals surface area (Å²) in [5.41, 5.74) is 17.9. The molecule has 5 N–H and O–H groups in total. The summed E-state index contributed by atoms with van der Waals surface area (Å²) in [5, 5.41) is 10.4. The van der Waals surface area contributed by atoms with Crippen molar-refractivity contribution >= 4 is 23.2 Å². The van der Waals surface area contributed by atoms with Crippen LogP contribution in [0.5, 0.6) is 0 Å². The van der Waals surface area contributed by atoms with Crippen molar-refractivity contribution in [3.05, 3.63) is 64.1 Å². The molecule has 166 valence electrons. The van der Waals surface area contributed by atoms with E-state index in [2.05, 4.69) is 34.1 Å². The highest BCUT2D eigenvalue weighted by Gasteiger charge is 2.46. The molecule has 1 aliphatic heterocycles. The first-order chi connectivity index (χ1) is 15.4. The summed E-state index contributed by atoms with van der Waals surface area (Å²) in [5.74, 6) is 0.973. The smallest absolute Gasteiger partial charge is 0.153 e. The molecule has 32 heavy (non-hydrogen) atoms. The lowest BCUT2D eigenvalue weighted by molar-refractivity contribution is 0.186. The van der Waals surface area contributed by atoms with E-state index >= 15 is 0 Å². The first kappa shape index (κ1) is 21.1. The van der Waals surface area contributed by atoms with Gasteiger partial charge in [-0.25, -0.2) is 15.0 Å².